The van der Waals surface area contributed by atoms with Gasteiger partial charge in [-0.3, -0.25) is 8.97 Å². The van der Waals surface area contributed by atoms with Gasteiger partial charge < -0.3 is 10.6 Å². The zero-order valence-corrected chi connectivity index (χ0v) is 15.5. The molecule has 2 rings (SSSR count). The number of hydrogen-bond donors (Lipinski definition) is 0. The van der Waals surface area contributed by atoms with Crippen LogP contribution in [0.3, 0.4) is 0 Å². The van der Waals surface area contributed by atoms with Crippen LogP contribution in [0.25, 0.3) is 0 Å². The van der Waals surface area contributed by atoms with Crippen LogP contribution >= 0.6 is 0 Å². The van der Waals surface area contributed by atoms with Gasteiger partial charge in [-0.05, 0) is 24.3 Å². The molecule has 0 saturated heterocycles. The smallest absolute Gasteiger partial charge is 0.132 e. The maximum absolute atomic E-state index is 8.25. The highest BCUT2D eigenvalue weighted by Crippen LogP contribution is 2.14. The van der Waals surface area contributed by atoms with Crippen molar-refractivity contribution < 1.29 is 10.6 Å². The van der Waals surface area contributed by atoms with E-state index in [4.69, 9.17) is 5.11 Å². The average Bonchev–Trinajstić information content (AvgIpc) is 2.50. The first-order valence-corrected chi connectivity index (χ1v) is 7.36. The van der Waals surface area contributed by atoms with E-state index in [1.165, 1.54) is 11.4 Å². The minimum atomic E-state index is 0. The molecule has 0 radical (unpaired) electrons. The Balaban J connectivity index is 0. The highest BCUT2D eigenvalue weighted by Gasteiger charge is 2.09. The molecule has 130 valence electrons. The van der Waals surface area contributed by atoms with E-state index in [0.717, 1.165) is 16.1 Å². The van der Waals surface area contributed by atoms with Crippen molar-refractivity contribution in [3.05, 3.63) is 60.7 Å². The van der Waals surface area contributed by atoms with Gasteiger partial charge in [-0.1, -0.05) is 36.4 Å². The molecular weight excluding hydrogens is 288 g/mol. The first kappa shape index (κ1) is 23.5. The molecule has 0 atom stereocenters. The largest absolute Gasteiger partial charge is 0.870 e. The second kappa shape index (κ2) is 10.9. The standard InChI is InChI=1S/2C9H14N.CH3O.H2O/c2*1-10(2,3)9-7-5-4-6-8-9;1-2;/h2*4-8H,1-3H3;1H3;1H2/q2*+1;-1;/p-1. The molecule has 2 aromatic rings. The van der Waals surface area contributed by atoms with Crippen LogP contribution in [0.5, 0.6) is 0 Å². The average molecular weight is 320 g/mol. The lowest BCUT2D eigenvalue weighted by atomic mass is 10.3. The first-order chi connectivity index (χ1) is 10.2. The van der Waals surface area contributed by atoms with E-state index in [9.17, 15) is 0 Å². The summed E-state index contributed by atoms with van der Waals surface area (Å²) in [5, 5.41) is 8.25. The van der Waals surface area contributed by atoms with Gasteiger partial charge in [-0.2, -0.15) is 7.11 Å². The molecule has 0 aliphatic carbocycles. The quantitative estimate of drug-likeness (QED) is 0.799. The summed E-state index contributed by atoms with van der Waals surface area (Å²) in [7, 11) is 13.7. The number of nitrogens with zero attached hydrogens (tertiary/aromatic N) is 2. The van der Waals surface area contributed by atoms with Gasteiger partial charge in [-0.25, -0.2) is 0 Å². The van der Waals surface area contributed by atoms with Crippen LogP contribution in [0.15, 0.2) is 60.7 Å². The molecule has 0 saturated carbocycles. The summed E-state index contributed by atoms with van der Waals surface area (Å²) in [4.78, 5) is 0. The van der Waals surface area contributed by atoms with E-state index in [0.29, 0.717) is 0 Å². The second-order valence-corrected chi connectivity index (χ2v) is 6.70. The molecule has 4 heteroatoms. The van der Waals surface area contributed by atoms with Crippen molar-refractivity contribution in [2.45, 2.75) is 0 Å². The van der Waals surface area contributed by atoms with Crippen LogP contribution in [0.2, 0.25) is 0 Å². The van der Waals surface area contributed by atoms with Gasteiger partial charge in [-0.15, -0.1) is 0 Å². The number of quaternary nitrogens is 2. The van der Waals surface area contributed by atoms with E-state index in [-0.39, 0.29) is 5.48 Å². The van der Waals surface area contributed by atoms with E-state index >= 15 is 0 Å². The maximum Gasteiger partial charge on any atom is 0.132 e. The molecule has 23 heavy (non-hydrogen) atoms. The Hall–Kier alpha value is -1.72. The Labute approximate surface area is 141 Å². The van der Waals surface area contributed by atoms with Crippen LogP contribution in [-0.4, -0.2) is 54.9 Å². The zero-order valence-electron chi connectivity index (χ0n) is 15.5. The zero-order chi connectivity index (χ0) is 17.2. The van der Waals surface area contributed by atoms with Crippen molar-refractivity contribution in [2.24, 2.45) is 0 Å². The third-order valence-electron chi connectivity index (χ3n) is 3.06. The van der Waals surface area contributed by atoms with E-state index in [2.05, 4.69) is 90.8 Å². The van der Waals surface area contributed by atoms with Gasteiger partial charge in [0.05, 0.1) is 42.3 Å². The maximum atomic E-state index is 8.25. The molecule has 0 aliphatic heterocycles. The van der Waals surface area contributed by atoms with Gasteiger partial charge >= 0.3 is 0 Å². The summed E-state index contributed by atoms with van der Waals surface area (Å²) in [5.74, 6) is 0. The molecule has 0 aliphatic rings. The Morgan fingerprint density at radius 3 is 0.870 bits per heavy atom. The van der Waals surface area contributed by atoms with Crippen molar-refractivity contribution in [3.63, 3.8) is 0 Å². The number of rotatable bonds is 2. The first-order valence-electron chi connectivity index (χ1n) is 7.36. The van der Waals surface area contributed by atoms with Crippen LogP contribution in [-0.2, 0) is 0 Å². The fraction of sp³-hybridized carbons (Fsp3) is 0.368. The molecule has 0 spiro atoms. The molecule has 0 unspecified atom stereocenters. The monoisotopic (exact) mass is 320 g/mol. The predicted molar refractivity (Wildman–Crippen MR) is 99.9 cm³/mol. The fourth-order valence-corrected chi connectivity index (χ4v) is 1.75. The van der Waals surface area contributed by atoms with Crippen LogP contribution < -0.4 is 14.1 Å². The van der Waals surface area contributed by atoms with Gasteiger partial charge in [0.15, 0.2) is 0 Å². The van der Waals surface area contributed by atoms with Gasteiger partial charge in [0.1, 0.15) is 11.4 Å². The number of para-hydroxylation sites is 2. The van der Waals surface area contributed by atoms with E-state index in [1.54, 1.807) is 0 Å². The third-order valence-corrected chi connectivity index (χ3v) is 3.06. The van der Waals surface area contributed by atoms with Gasteiger partial charge in [0, 0.05) is 0 Å². The van der Waals surface area contributed by atoms with Crippen molar-refractivity contribution in [1.82, 2.24) is 8.97 Å². The summed E-state index contributed by atoms with van der Waals surface area (Å²) in [6, 6.07) is 20.9. The van der Waals surface area contributed by atoms with Crippen LogP contribution in [0.1, 0.15) is 0 Å². The predicted octanol–water partition coefficient (Wildman–Crippen LogP) is 2.57. The van der Waals surface area contributed by atoms with E-state index < -0.39 is 0 Å². The highest BCUT2D eigenvalue weighted by molar-refractivity contribution is 5.40. The van der Waals surface area contributed by atoms with Crippen molar-refractivity contribution in [2.75, 3.05) is 49.4 Å². The minimum Gasteiger partial charge on any atom is -0.870 e. The summed E-state index contributed by atoms with van der Waals surface area (Å²) in [6.07, 6.45) is 0. The lowest BCUT2D eigenvalue weighted by Gasteiger charge is -2.22. The molecule has 0 heterocycles. The summed E-state index contributed by atoms with van der Waals surface area (Å²) < 4.78 is 1.78. The third kappa shape index (κ3) is 9.81. The minimum absolute atomic E-state index is 0. The normalized spacial score (nSPS) is 10.3. The molecule has 0 fully saturated rings. The summed E-state index contributed by atoms with van der Waals surface area (Å²) >= 11 is 0. The Bertz CT molecular complexity index is 451. The number of hydrogen-bond acceptors (Lipinski definition) is 2. The lowest BCUT2D eigenvalue weighted by Crippen LogP contribution is -2.34. The molecule has 0 aromatic heterocycles. The van der Waals surface area contributed by atoms with E-state index in [1.807, 2.05) is 12.1 Å². The van der Waals surface area contributed by atoms with Crippen LogP contribution in [0, 0.1) is 0 Å². The highest BCUT2D eigenvalue weighted by atomic mass is 16.2. The topological polar surface area (TPSA) is 53.1 Å². The Morgan fingerprint density at radius 1 is 0.522 bits per heavy atom. The molecule has 2 aromatic carbocycles. The number of benzene rings is 2. The SMILES string of the molecule is C[N+](C)(C)c1ccccc1.C[N+](C)(C)c1ccccc1.C[O-].[OH-]. The summed E-state index contributed by atoms with van der Waals surface area (Å²) in [5.41, 5.74) is 2.67. The lowest BCUT2D eigenvalue weighted by molar-refractivity contribution is -0.325. The summed E-state index contributed by atoms with van der Waals surface area (Å²) in [6.45, 7) is 0. The molecule has 0 bridgehead atoms. The van der Waals surface area contributed by atoms with Crippen molar-refractivity contribution in [3.8, 4) is 0 Å². The molecule has 4 nitrogen and oxygen atoms in total. The van der Waals surface area contributed by atoms with Gasteiger partial charge in [0.2, 0.25) is 0 Å². The second-order valence-electron chi connectivity index (χ2n) is 6.70. The Kier molecular flexibility index (Phi) is 11.2. The van der Waals surface area contributed by atoms with Gasteiger partial charge in [0.25, 0.3) is 0 Å². The molecule has 0 amide bonds. The molecule has 1 N–H and O–H groups in total. The van der Waals surface area contributed by atoms with Crippen molar-refractivity contribution >= 4 is 11.4 Å². The fourth-order valence-electron chi connectivity index (χ4n) is 1.75. The Morgan fingerprint density at radius 2 is 0.739 bits per heavy atom. The van der Waals surface area contributed by atoms with Crippen molar-refractivity contribution in [1.29, 1.82) is 0 Å². The molecular formula is C19H32N2O2. The van der Waals surface area contributed by atoms with Crippen LogP contribution in [0.4, 0.5) is 11.4 Å².